The zero-order chi connectivity index (χ0) is 25.9. The lowest BCUT2D eigenvalue weighted by molar-refractivity contribution is -0.148. The Hall–Kier alpha value is -2.93. The Morgan fingerprint density at radius 3 is 2.64 bits per heavy atom. The second-order valence-electron chi connectivity index (χ2n) is 9.50. The van der Waals surface area contributed by atoms with Crippen LogP contribution in [0.4, 0.5) is 30.6 Å². The Balaban J connectivity index is 1.40. The fourth-order valence-electron chi connectivity index (χ4n) is 4.28. The molecular weight excluding hydrogens is 477 g/mol. The first kappa shape index (κ1) is 26.1. The van der Waals surface area contributed by atoms with Crippen molar-refractivity contribution in [1.82, 2.24) is 29.5 Å². The number of hydrogen-bond donors (Lipinski definition) is 2. The van der Waals surface area contributed by atoms with Gasteiger partial charge >= 0.3 is 6.18 Å². The average Bonchev–Trinajstić information content (AvgIpc) is 3.15. The number of halogens is 3. The third kappa shape index (κ3) is 6.25. The number of carbonyl (C=O) groups is 1. The van der Waals surface area contributed by atoms with Crippen LogP contribution < -0.4 is 10.6 Å². The molecule has 2 N–H and O–H groups in total. The van der Waals surface area contributed by atoms with E-state index in [1.165, 1.54) is 0 Å². The van der Waals surface area contributed by atoms with Gasteiger partial charge in [0.15, 0.2) is 0 Å². The first-order valence-electron chi connectivity index (χ1n) is 12.1. The average molecular weight is 511 g/mol. The predicted molar refractivity (Wildman–Crippen MR) is 128 cm³/mol. The van der Waals surface area contributed by atoms with Gasteiger partial charge in [0.2, 0.25) is 11.9 Å². The van der Waals surface area contributed by atoms with E-state index in [-0.39, 0.29) is 36.2 Å². The molecule has 0 saturated carbocycles. The smallest absolute Gasteiger partial charge is 0.380 e. The minimum atomic E-state index is -4.60. The summed E-state index contributed by atoms with van der Waals surface area (Å²) < 4.78 is 47.6. The van der Waals surface area contributed by atoms with Gasteiger partial charge in [-0.3, -0.25) is 9.48 Å². The normalized spacial score (nSPS) is 17.6. The highest BCUT2D eigenvalue weighted by Crippen LogP contribution is 2.34. The summed E-state index contributed by atoms with van der Waals surface area (Å²) in [5, 5.41) is 10.4. The van der Waals surface area contributed by atoms with Crippen molar-refractivity contribution < 1.29 is 22.7 Å². The van der Waals surface area contributed by atoms with Crippen molar-refractivity contribution in [1.29, 1.82) is 0 Å². The summed E-state index contributed by atoms with van der Waals surface area (Å²) >= 11 is 0. The molecule has 2 saturated heterocycles. The van der Waals surface area contributed by atoms with Crippen molar-refractivity contribution in [3.8, 4) is 0 Å². The molecule has 0 spiro atoms. The van der Waals surface area contributed by atoms with Crippen LogP contribution in [0.25, 0.3) is 0 Å². The second kappa shape index (κ2) is 11.0. The Morgan fingerprint density at radius 1 is 1.28 bits per heavy atom. The maximum absolute atomic E-state index is 13.6. The molecule has 0 aliphatic carbocycles. The quantitative estimate of drug-likeness (QED) is 0.497. The van der Waals surface area contributed by atoms with Crippen LogP contribution in [-0.2, 0) is 15.7 Å². The van der Waals surface area contributed by atoms with Crippen molar-refractivity contribution >= 4 is 23.4 Å². The highest BCUT2D eigenvalue weighted by molar-refractivity contribution is 5.79. The lowest BCUT2D eigenvalue weighted by Gasteiger charge is -2.29. The van der Waals surface area contributed by atoms with E-state index in [0.717, 1.165) is 37.8 Å². The fourth-order valence-corrected chi connectivity index (χ4v) is 4.28. The Morgan fingerprint density at radius 2 is 2.00 bits per heavy atom. The Kier molecular flexibility index (Phi) is 7.98. The van der Waals surface area contributed by atoms with Crippen LogP contribution in [0.2, 0.25) is 0 Å². The van der Waals surface area contributed by atoms with Gasteiger partial charge in [-0.25, -0.2) is 4.98 Å². The van der Waals surface area contributed by atoms with Gasteiger partial charge in [-0.2, -0.15) is 23.3 Å². The molecule has 0 unspecified atom stereocenters. The summed E-state index contributed by atoms with van der Waals surface area (Å²) in [5.74, 6) is -0.389. The summed E-state index contributed by atoms with van der Waals surface area (Å²) in [6.07, 6.45) is 0.462. The predicted octanol–water partition coefficient (Wildman–Crippen LogP) is 2.92. The van der Waals surface area contributed by atoms with Crippen LogP contribution in [-0.4, -0.2) is 88.9 Å². The van der Waals surface area contributed by atoms with E-state index in [4.69, 9.17) is 4.74 Å². The summed E-state index contributed by atoms with van der Waals surface area (Å²) in [6, 6.07) is 0.281. The zero-order valence-corrected chi connectivity index (χ0v) is 20.8. The van der Waals surface area contributed by atoms with Gasteiger partial charge in [0, 0.05) is 32.5 Å². The number of ether oxygens (including phenoxy) is 1. The first-order valence-corrected chi connectivity index (χ1v) is 12.1. The number of amides is 1. The van der Waals surface area contributed by atoms with Crippen molar-refractivity contribution in [3.05, 3.63) is 23.7 Å². The number of aryl methyl sites for hydroxylation is 1. The molecule has 2 aromatic heterocycles. The largest absolute Gasteiger partial charge is 0.421 e. The van der Waals surface area contributed by atoms with Gasteiger partial charge < -0.3 is 25.2 Å². The van der Waals surface area contributed by atoms with Gasteiger partial charge in [0.1, 0.15) is 11.4 Å². The van der Waals surface area contributed by atoms with Gasteiger partial charge in [0.05, 0.1) is 36.6 Å². The molecule has 198 valence electrons. The summed E-state index contributed by atoms with van der Waals surface area (Å²) in [5.41, 5.74) is 0.430. The molecule has 10 nitrogen and oxygen atoms in total. The molecule has 1 amide bonds. The molecular formula is C23H33F3N8O2. The Bertz CT molecular complexity index is 1050. The molecule has 2 aromatic rings. The molecule has 2 aliphatic rings. The van der Waals surface area contributed by atoms with Crippen molar-refractivity contribution in [3.63, 3.8) is 0 Å². The van der Waals surface area contributed by atoms with Crippen molar-refractivity contribution in [2.24, 2.45) is 5.92 Å². The number of aromatic nitrogens is 4. The number of anilines is 3. The molecule has 0 aromatic carbocycles. The maximum atomic E-state index is 13.6. The minimum absolute atomic E-state index is 0.0121. The fraction of sp³-hybridized carbons (Fsp3) is 0.652. The van der Waals surface area contributed by atoms with E-state index in [9.17, 15) is 18.0 Å². The van der Waals surface area contributed by atoms with Crippen LogP contribution >= 0.6 is 0 Å². The lowest BCUT2D eigenvalue weighted by Crippen LogP contribution is -2.43. The Labute approximate surface area is 208 Å². The van der Waals surface area contributed by atoms with E-state index in [1.807, 2.05) is 17.8 Å². The molecule has 2 aliphatic heterocycles. The molecule has 0 atom stereocenters. The third-order valence-electron chi connectivity index (χ3n) is 6.65. The van der Waals surface area contributed by atoms with Crippen LogP contribution in [0.1, 0.15) is 36.6 Å². The van der Waals surface area contributed by atoms with Crippen LogP contribution in [0.3, 0.4) is 0 Å². The van der Waals surface area contributed by atoms with Gasteiger partial charge in [0.25, 0.3) is 0 Å². The zero-order valence-electron chi connectivity index (χ0n) is 20.8. The number of hydrogen-bond acceptors (Lipinski definition) is 8. The van der Waals surface area contributed by atoms with Crippen molar-refractivity contribution in [2.45, 2.75) is 38.4 Å². The first-order chi connectivity index (χ1) is 17.1. The van der Waals surface area contributed by atoms with Gasteiger partial charge in [-0.15, -0.1) is 0 Å². The molecule has 13 heteroatoms. The molecule has 0 bridgehead atoms. The van der Waals surface area contributed by atoms with Crippen LogP contribution in [0.15, 0.2) is 12.4 Å². The van der Waals surface area contributed by atoms with E-state index in [2.05, 4.69) is 37.6 Å². The van der Waals surface area contributed by atoms with E-state index >= 15 is 0 Å². The number of nitrogens with zero attached hydrogens (tertiary/aromatic N) is 6. The molecule has 36 heavy (non-hydrogen) atoms. The topological polar surface area (TPSA) is 100 Å². The van der Waals surface area contributed by atoms with Crippen LogP contribution in [0.5, 0.6) is 0 Å². The van der Waals surface area contributed by atoms with E-state index < -0.39 is 11.7 Å². The highest BCUT2D eigenvalue weighted by Gasteiger charge is 2.35. The second-order valence-corrected chi connectivity index (χ2v) is 9.50. The number of alkyl halides is 3. The monoisotopic (exact) mass is 510 g/mol. The third-order valence-corrected chi connectivity index (χ3v) is 6.65. The molecule has 2 fully saturated rings. The maximum Gasteiger partial charge on any atom is 0.421 e. The number of piperidine rings is 1. The summed E-state index contributed by atoms with van der Waals surface area (Å²) in [4.78, 5) is 24.0. The molecule has 4 rings (SSSR count). The number of nitrogens with one attached hydrogen (secondary N) is 2. The van der Waals surface area contributed by atoms with E-state index in [1.54, 1.807) is 11.9 Å². The number of carbonyl (C=O) groups excluding carboxylic acids is 1. The number of rotatable bonds is 9. The van der Waals surface area contributed by atoms with Gasteiger partial charge in [-0.05, 0) is 46.3 Å². The standard InChI is InChI=1S/C23H33F3N8O2/c1-15-19(12-34(31-15)17-5-9-32(2)10-6-17)29-22-28-11-18(23(24,25)26)20(30-22)27-7-4-8-33(3)21(35)16-13-36-14-16/h11-12,16-17H,4-10,13-14H2,1-3H3,(H2,27,28,29,30). The number of likely N-dealkylation sites (tertiary alicyclic amines) is 1. The SMILES string of the molecule is Cc1nn(C2CCN(C)CC2)cc1Nc1ncc(C(F)(F)F)c(NCCCN(C)C(=O)C2COC2)n1. The van der Waals surface area contributed by atoms with Crippen LogP contribution in [0, 0.1) is 12.8 Å². The molecule has 0 radical (unpaired) electrons. The highest BCUT2D eigenvalue weighted by atomic mass is 19.4. The van der Waals surface area contributed by atoms with Crippen molar-refractivity contribution in [2.75, 3.05) is 64.1 Å². The van der Waals surface area contributed by atoms with E-state index in [0.29, 0.717) is 31.9 Å². The minimum Gasteiger partial charge on any atom is -0.380 e. The summed E-state index contributed by atoms with van der Waals surface area (Å²) in [7, 11) is 3.77. The summed E-state index contributed by atoms with van der Waals surface area (Å²) in [6.45, 7) is 5.28. The lowest BCUT2D eigenvalue weighted by atomic mass is 10.1. The van der Waals surface area contributed by atoms with Gasteiger partial charge in [-0.1, -0.05) is 0 Å². The molecule has 4 heterocycles.